The van der Waals surface area contributed by atoms with Gasteiger partial charge in [-0.15, -0.1) is 12.6 Å². The van der Waals surface area contributed by atoms with E-state index in [4.69, 9.17) is 4.74 Å². The third-order valence-electron chi connectivity index (χ3n) is 2.21. The normalized spacial score (nSPS) is 10.2. The molecule has 0 aliphatic carbocycles. The third-order valence-corrected chi connectivity index (χ3v) is 2.49. The van der Waals surface area contributed by atoms with Gasteiger partial charge in [-0.3, -0.25) is 4.79 Å². The molecule has 1 aromatic carbocycles. The Bertz CT molecular complexity index is 355. The van der Waals surface area contributed by atoms with E-state index in [1.807, 2.05) is 19.1 Å². The minimum atomic E-state index is -0.00407. The SMILES string of the molecule is CCOCCN(C)C(=O)c1cccc(S)c1. The first-order chi connectivity index (χ1) is 7.65. The fourth-order valence-electron chi connectivity index (χ4n) is 1.31. The zero-order chi connectivity index (χ0) is 12.0. The summed E-state index contributed by atoms with van der Waals surface area (Å²) in [5.41, 5.74) is 0.659. The molecule has 0 spiro atoms. The Balaban J connectivity index is 2.56. The van der Waals surface area contributed by atoms with Crippen molar-refractivity contribution in [2.45, 2.75) is 11.8 Å². The predicted molar refractivity (Wildman–Crippen MR) is 67.1 cm³/mol. The average molecular weight is 239 g/mol. The molecule has 0 bridgehead atoms. The first-order valence-electron chi connectivity index (χ1n) is 5.27. The number of rotatable bonds is 5. The Morgan fingerprint density at radius 3 is 2.88 bits per heavy atom. The highest BCUT2D eigenvalue weighted by atomic mass is 32.1. The number of ether oxygens (including phenoxy) is 1. The maximum atomic E-state index is 11.9. The van der Waals surface area contributed by atoms with Crippen LogP contribution >= 0.6 is 12.6 Å². The van der Waals surface area contributed by atoms with E-state index in [1.54, 1.807) is 24.1 Å². The van der Waals surface area contributed by atoms with Gasteiger partial charge in [-0.25, -0.2) is 0 Å². The van der Waals surface area contributed by atoms with Crippen LogP contribution in [0.25, 0.3) is 0 Å². The first-order valence-corrected chi connectivity index (χ1v) is 5.72. The van der Waals surface area contributed by atoms with E-state index in [1.165, 1.54) is 0 Å². The second kappa shape index (κ2) is 6.55. The van der Waals surface area contributed by atoms with Crippen molar-refractivity contribution < 1.29 is 9.53 Å². The Morgan fingerprint density at radius 2 is 2.25 bits per heavy atom. The molecule has 0 heterocycles. The number of carbonyl (C=O) groups excluding carboxylic acids is 1. The smallest absolute Gasteiger partial charge is 0.253 e. The monoisotopic (exact) mass is 239 g/mol. The van der Waals surface area contributed by atoms with E-state index < -0.39 is 0 Å². The van der Waals surface area contributed by atoms with Crippen molar-refractivity contribution in [3.8, 4) is 0 Å². The van der Waals surface area contributed by atoms with Crippen molar-refractivity contribution in [2.24, 2.45) is 0 Å². The first kappa shape index (κ1) is 13.1. The summed E-state index contributed by atoms with van der Waals surface area (Å²) in [6, 6.07) is 7.23. The molecular weight excluding hydrogens is 222 g/mol. The van der Waals surface area contributed by atoms with Crippen LogP contribution in [0.2, 0.25) is 0 Å². The molecule has 0 aliphatic heterocycles. The van der Waals surface area contributed by atoms with Crippen LogP contribution in [0, 0.1) is 0 Å². The van der Waals surface area contributed by atoms with Gasteiger partial charge in [0.05, 0.1) is 6.61 Å². The van der Waals surface area contributed by atoms with Gasteiger partial charge in [-0.05, 0) is 25.1 Å². The molecule has 0 radical (unpaired) electrons. The fraction of sp³-hybridized carbons (Fsp3) is 0.417. The molecule has 0 saturated heterocycles. The van der Waals surface area contributed by atoms with Crippen molar-refractivity contribution in [3.05, 3.63) is 29.8 Å². The van der Waals surface area contributed by atoms with Crippen LogP contribution < -0.4 is 0 Å². The predicted octanol–water partition coefficient (Wildman–Crippen LogP) is 2.08. The van der Waals surface area contributed by atoms with Gasteiger partial charge in [0.15, 0.2) is 0 Å². The minimum Gasteiger partial charge on any atom is -0.380 e. The van der Waals surface area contributed by atoms with Crippen molar-refractivity contribution in [1.29, 1.82) is 0 Å². The summed E-state index contributed by atoms with van der Waals surface area (Å²) >= 11 is 4.21. The molecule has 0 aliphatic rings. The Kier molecular flexibility index (Phi) is 5.35. The molecule has 0 aromatic heterocycles. The number of thiol groups is 1. The maximum absolute atomic E-state index is 11.9. The summed E-state index contributed by atoms with van der Waals surface area (Å²) in [5.74, 6) is -0.00407. The molecule has 1 rings (SSSR count). The fourth-order valence-corrected chi connectivity index (χ4v) is 1.53. The number of likely N-dealkylation sites (N-methyl/N-ethyl adjacent to an activating group) is 1. The lowest BCUT2D eigenvalue weighted by Gasteiger charge is -2.17. The maximum Gasteiger partial charge on any atom is 0.253 e. The summed E-state index contributed by atoms with van der Waals surface area (Å²) in [7, 11) is 1.77. The molecule has 1 amide bonds. The second-order valence-corrected chi connectivity index (χ2v) is 3.99. The van der Waals surface area contributed by atoms with Crippen LogP contribution in [-0.4, -0.2) is 37.6 Å². The largest absolute Gasteiger partial charge is 0.380 e. The number of amides is 1. The van der Waals surface area contributed by atoms with Crippen molar-refractivity contribution in [2.75, 3.05) is 26.8 Å². The topological polar surface area (TPSA) is 29.5 Å². The van der Waals surface area contributed by atoms with Crippen LogP contribution in [0.4, 0.5) is 0 Å². The Hall–Kier alpha value is -1.00. The van der Waals surface area contributed by atoms with Gasteiger partial charge in [0.1, 0.15) is 0 Å². The third kappa shape index (κ3) is 3.87. The van der Waals surface area contributed by atoms with E-state index >= 15 is 0 Å². The van der Waals surface area contributed by atoms with Crippen molar-refractivity contribution in [3.63, 3.8) is 0 Å². The highest BCUT2D eigenvalue weighted by Gasteiger charge is 2.10. The lowest BCUT2D eigenvalue weighted by molar-refractivity contribution is 0.0709. The summed E-state index contributed by atoms with van der Waals surface area (Å²) in [6.45, 7) is 3.78. The molecule has 0 fully saturated rings. The van der Waals surface area contributed by atoms with E-state index in [-0.39, 0.29) is 5.91 Å². The Morgan fingerprint density at radius 1 is 1.50 bits per heavy atom. The van der Waals surface area contributed by atoms with Crippen LogP contribution in [0.3, 0.4) is 0 Å². The van der Waals surface area contributed by atoms with Gasteiger partial charge in [-0.1, -0.05) is 6.07 Å². The van der Waals surface area contributed by atoms with Crippen LogP contribution in [0.1, 0.15) is 17.3 Å². The quantitative estimate of drug-likeness (QED) is 0.630. The van der Waals surface area contributed by atoms with Crippen LogP contribution in [0.15, 0.2) is 29.2 Å². The molecule has 0 atom stereocenters. The number of hydrogen-bond acceptors (Lipinski definition) is 3. The van der Waals surface area contributed by atoms with Crippen LogP contribution in [0.5, 0.6) is 0 Å². The van der Waals surface area contributed by atoms with E-state index in [9.17, 15) is 4.79 Å². The van der Waals surface area contributed by atoms with E-state index in [0.29, 0.717) is 25.3 Å². The minimum absolute atomic E-state index is 0.00407. The second-order valence-electron chi connectivity index (χ2n) is 3.47. The van der Waals surface area contributed by atoms with Gasteiger partial charge in [-0.2, -0.15) is 0 Å². The highest BCUT2D eigenvalue weighted by molar-refractivity contribution is 7.80. The van der Waals surface area contributed by atoms with Gasteiger partial charge < -0.3 is 9.64 Å². The highest BCUT2D eigenvalue weighted by Crippen LogP contribution is 2.10. The van der Waals surface area contributed by atoms with Gasteiger partial charge in [0.2, 0.25) is 0 Å². The number of hydrogen-bond donors (Lipinski definition) is 1. The molecule has 4 heteroatoms. The Labute approximate surface area is 102 Å². The van der Waals surface area contributed by atoms with Gasteiger partial charge in [0.25, 0.3) is 5.91 Å². The number of benzene rings is 1. The van der Waals surface area contributed by atoms with E-state index in [0.717, 1.165) is 4.90 Å². The molecule has 88 valence electrons. The molecular formula is C12H17NO2S. The van der Waals surface area contributed by atoms with Crippen molar-refractivity contribution in [1.82, 2.24) is 4.90 Å². The molecule has 1 aromatic rings. The summed E-state index contributed by atoms with van der Waals surface area (Å²) in [6.07, 6.45) is 0. The zero-order valence-corrected chi connectivity index (χ0v) is 10.5. The average Bonchev–Trinajstić information content (AvgIpc) is 2.28. The zero-order valence-electron chi connectivity index (χ0n) is 9.64. The number of carbonyl (C=O) groups is 1. The van der Waals surface area contributed by atoms with Gasteiger partial charge >= 0.3 is 0 Å². The van der Waals surface area contributed by atoms with Gasteiger partial charge in [0, 0.05) is 30.7 Å². The van der Waals surface area contributed by atoms with Crippen LogP contribution in [-0.2, 0) is 4.74 Å². The summed E-state index contributed by atoms with van der Waals surface area (Å²) < 4.78 is 5.20. The lowest BCUT2D eigenvalue weighted by Crippen LogP contribution is -2.30. The number of nitrogens with zero attached hydrogens (tertiary/aromatic N) is 1. The molecule has 0 N–H and O–H groups in total. The van der Waals surface area contributed by atoms with Crippen molar-refractivity contribution >= 4 is 18.5 Å². The summed E-state index contributed by atoms with van der Waals surface area (Å²) in [5, 5.41) is 0. The molecule has 0 saturated carbocycles. The molecule has 3 nitrogen and oxygen atoms in total. The standard InChI is InChI=1S/C12H17NO2S/c1-3-15-8-7-13(2)12(14)10-5-4-6-11(16)9-10/h4-6,9,16H,3,7-8H2,1-2H3. The lowest BCUT2D eigenvalue weighted by atomic mass is 10.2. The molecule has 0 unspecified atom stereocenters. The van der Waals surface area contributed by atoms with E-state index in [2.05, 4.69) is 12.6 Å². The summed E-state index contributed by atoms with van der Waals surface area (Å²) in [4.78, 5) is 14.4. The molecule has 16 heavy (non-hydrogen) atoms.